The van der Waals surface area contributed by atoms with Crippen molar-refractivity contribution >= 4 is 17.7 Å². The summed E-state index contributed by atoms with van der Waals surface area (Å²) in [6, 6.07) is 6.34. The predicted octanol–water partition coefficient (Wildman–Crippen LogP) is 0.615. The molecule has 2 rings (SSSR count). The molecule has 0 radical (unpaired) electrons. The normalized spacial score (nSPS) is 22.1. The van der Waals surface area contributed by atoms with E-state index in [-0.39, 0.29) is 11.3 Å². The van der Waals surface area contributed by atoms with Gasteiger partial charge in [0, 0.05) is 6.92 Å². The zero-order valence-electron chi connectivity index (χ0n) is 9.85. The molecular formula is C12H11NO5. The van der Waals surface area contributed by atoms with Crippen LogP contribution in [0.2, 0.25) is 0 Å². The number of nitrogens with one attached hydrogen (secondary N) is 1. The average molecular weight is 249 g/mol. The molecule has 1 aromatic rings. The third-order valence-corrected chi connectivity index (χ3v) is 2.56. The fourth-order valence-corrected chi connectivity index (χ4v) is 1.55. The van der Waals surface area contributed by atoms with Crippen LogP contribution in [0.15, 0.2) is 24.3 Å². The fraction of sp³-hybridized carbons (Fsp3) is 0.250. The molecule has 1 aliphatic heterocycles. The number of carbonyl (C=O) groups excluding carboxylic acids is 3. The first-order valence-corrected chi connectivity index (χ1v) is 5.26. The highest BCUT2D eigenvalue weighted by Gasteiger charge is 2.50. The number of hydroxylamine groups is 1. The van der Waals surface area contributed by atoms with Gasteiger partial charge in [-0.15, -0.1) is 0 Å². The predicted molar refractivity (Wildman–Crippen MR) is 59.7 cm³/mol. The van der Waals surface area contributed by atoms with Gasteiger partial charge in [0.2, 0.25) is 11.7 Å². The van der Waals surface area contributed by atoms with E-state index in [1.165, 1.54) is 26.0 Å². The molecule has 1 amide bonds. The molecule has 1 aromatic carbocycles. The van der Waals surface area contributed by atoms with Crippen molar-refractivity contribution in [3.63, 3.8) is 0 Å². The molecular weight excluding hydrogens is 238 g/mol. The fourth-order valence-electron chi connectivity index (χ4n) is 1.55. The van der Waals surface area contributed by atoms with Crippen molar-refractivity contribution in [3.05, 3.63) is 29.8 Å². The van der Waals surface area contributed by atoms with Gasteiger partial charge >= 0.3 is 5.97 Å². The topological polar surface area (TPSA) is 81.7 Å². The van der Waals surface area contributed by atoms with Crippen molar-refractivity contribution in [2.24, 2.45) is 0 Å². The average Bonchev–Trinajstić information content (AvgIpc) is 2.34. The van der Waals surface area contributed by atoms with E-state index in [0.29, 0.717) is 0 Å². The zero-order chi connectivity index (χ0) is 13.3. The summed E-state index contributed by atoms with van der Waals surface area (Å²) in [5.41, 5.74) is 0.366. The van der Waals surface area contributed by atoms with E-state index in [9.17, 15) is 14.4 Å². The van der Waals surface area contributed by atoms with Crippen LogP contribution in [0, 0.1) is 0 Å². The third kappa shape index (κ3) is 1.86. The Balaban J connectivity index is 2.37. The number of benzene rings is 1. The van der Waals surface area contributed by atoms with Crippen molar-refractivity contribution in [3.8, 4) is 5.75 Å². The maximum Gasteiger partial charge on any atom is 0.354 e. The Kier molecular flexibility index (Phi) is 2.88. The molecule has 0 fully saturated rings. The summed E-state index contributed by atoms with van der Waals surface area (Å²) < 4.78 is 5.01. The summed E-state index contributed by atoms with van der Waals surface area (Å²) in [6.45, 7) is 2.46. The highest BCUT2D eigenvalue weighted by molar-refractivity contribution is 6.19. The Morgan fingerprint density at radius 1 is 1.33 bits per heavy atom. The summed E-state index contributed by atoms with van der Waals surface area (Å²) in [5, 5.41) is 0. The molecule has 6 heteroatoms. The molecule has 0 saturated carbocycles. The van der Waals surface area contributed by atoms with E-state index in [2.05, 4.69) is 0 Å². The quantitative estimate of drug-likeness (QED) is 0.359. The number of ether oxygens (including phenoxy) is 1. The standard InChI is InChI=1S/C12H11NO5/c1-7(14)13-18-12(2)10(15)8-5-3-4-6-9(8)17-11(12)16/h3-6H,1-2H3,(H,13,14)/t12-/m1/s1. The first kappa shape index (κ1) is 12.3. The lowest BCUT2D eigenvalue weighted by atomic mass is 9.92. The van der Waals surface area contributed by atoms with E-state index >= 15 is 0 Å². The molecule has 1 aliphatic rings. The highest BCUT2D eigenvalue weighted by Crippen LogP contribution is 2.31. The van der Waals surface area contributed by atoms with E-state index in [0.717, 1.165) is 0 Å². The van der Waals surface area contributed by atoms with Crippen LogP contribution in [0.1, 0.15) is 24.2 Å². The first-order chi connectivity index (χ1) is 8.45. The van der Waals surface area contributed by atoms with Crippen LogP contribution in [0.4, 0.5) is 0 Å². The molecule has 18 heavy (non-hydrogen) atoms. The third-order valence-electron chi connectivity index (χ3n) is 2.56. The van der Waals surface area contributed by atoms with Gasteiger partial charge in [-0.1, -0.05) is 12.1 Å². The minimum absolute atomic E-state index is 0.191. The van der Waals surface area contributed by atoms with Crippen molar-refractivity contribution in [1.82, 2.24) is 5.48 Å². The van der Waals surface area contributed by atoms with Gasteiger partial charge in [-0.3, -0.25) is 9.59 Å². The zero-order valence-corrected chi connectivity index (χ0v) is 9.85. The summed E-state index contributed by atoms with van der Waals surface area (Å²) in [4.78, 5) is 39.6. The largest absolute Gasteiger partial charge is 0.423 e. The molecule has 94 valence electrons. The van der Waals surface area contributed by atoms with Gasteiger partial charge < -0.3 is 4.74 Å². The molecule has 0 aliphatic carbocycles. The van der Waals surface area contributed by atoms with E-state index in [1.807, 2.05) is 5.48 Å². The number of fused-ring (bicyclic) bond motifs is 1. The van der Waals surface area contributed by atoms with Crippen molar-refractivity contribution in [2.45, 2.75) is 19.4 Å². The molecule has 1 N–H and O–H groups in total. The molecule has 0 spiro atoms. The summed E-state index contributed by atoms with van der Waals surface area (Å²) >= 11 is 0. The second-order valence-electron chi connectivity index (χ2n) is 4.01. The van der Waals surface area contributed by atoms with Crippen LogP contribution in [0.3, 0.4) is 0 Å². The summed E-state index contributed by atoms with van der Waals surface area (Å²) in [6.07, 6.45) is 0. The second-order valence-corrected chi connectivity index (χ2v) is 4.01. The van der Waals surface area contributed by atoms with Crippen LogP contribution in [-0.4, -0.2) is 23.3 Å². The molecule has 1 heterocycles. The summed E-state index contributed by atoms with van der Waals surface area (Å²) in [7, 11) is 0. The van der Waals surface area contributed by atoms with Crippen molar-refractivity contribution in [2.75, 3.05) is 0 Å². The molecule has 0 saturated heterocycles. The van der Waals surface area contributed by atoms with Crippen LogP contribution in [0.25, 0.3) is 0 Å². The number of hydrogen-bond donors (Lipinski definition) is 1. The lowest BCUT2D eigenvalue weighted by Gasteiger charge is -2.29. The van der Waals surface area contributed by atoms with Gasteiger partial charge in [-0.2, -0.15) is 0 Å². The SMILES string of the molecule is CC(=O)NO[C@@]1(C)C(=O)Oc2ccccc2C1=O. The van der Waals surface area contributed by atoms with Gasteiger partial charge in [0.05, 0.1) is 5.56 Å². The van der Waals surface area contributed by atoms with Crippen LogP contribution in [-0.2, 0) is 14.4 Å². The number of para-hydroxylation sites is 1. The summed E-state index contributed by atoms with van der Waals surface area (Å²) in [5.74, 6) is -1.74. The number of Topliss-reactive ketones (excluding diaryl/α,β-unsaturated/α-hetero) is 1. The Hall–Kier alpha value is -2.21. The molecule has 1 atom stereocenters. The minimum Gasteiger partial charge on any atom is -0.423 e. The molecule has 0 bridgehead atoms. The lowest BCUT2D eigenvalue weighted by Crippen LogP contribution is -2.54. The maximum atomic E-state index is 12.2. The van der Waals surface area contributed by atoms with Gasteiger partial charge in [-0.25, -0.2) is 15.1 Å². The van der Waals surface area contributed by atoms with Crippen molar-refractivity contribution < 1.29 is 24.0 Å². The highest BCUT2D eigenvalue weighted by atomic mass is 16.7. The number of rotatable bonds is 2. The molecule has 6 nitrogen and oxygen atoms in total. The first-order valence-electron chi connectivity index (χ1n) is 5.26. The Morgan fingerprint density at radius 3 is 2.67 bits per heavy atom. The Bertz CT molecular complexity index is 539. The van der Waals surface area contributed by atoms with Gasteiger partial charge in [0.1, 0.15) is 5.75 Å². The van der Waals surface area contributed by atoms with Crippen LogP contribution < -0.4 is 10.2 Å². The van der Waals surface area contributed by atoms with Crippen LogP contribution in [0.5, 0.6) is 5.75 Å². The van der Waals surface area contributed by atoms with Gasteiger partial charge in [0.25, 0.3) is 5.60 Å². The Morgan fingerprint density at radius 2 is 2.00 bits per heavy atom. The number of hydrogen-bond acceptors (Lipinski definition) is 5. The maximum absolute atomic E-state index is 12.2. The molecule has 0 aromatic heterocycles. The van der Waals surface area contributed by atoms with Crippen LogP contribution >= 0.6 is 0 Å². The van der Waals surface area contributed by atoms with E-state index < -0.39 is 23.3 Å². The van der Waals surface area contributed by atoms with E-state index in [4.69, 9.17) is 9.57 Å². The van der Waals surface area contributed by atoms with Gasteiger partial charge in [-0.05, 0) is 19.1 Å². The van der Waals surface area contributed by atoms with Gasteiger partial charge in [0.15, 0.2) is 0 Å². The number of ketones is 1. The molecule has 0 unspecified atom stereocenters. The lowest BCUT2D eigenvalue weighted by molar-refractivity contribution is -0.167. The number of esters is 1. The number of carbonyl (C=O) groups is 3. The van der Waals surface area contributed by atoms with Crippen molar-refractivity contribution in [1.29, 1.82) is 0 Å². The van der Waals surface area contributed by atoms with E-state index in [1.54, 1.807) is 12.1 Å². The second kappa shape index (κ2) is 4.23. The minimum atomic E-state index is -1.86. The smallest absolute Gasteiger partial charge is 0.354 e. The number of amides is 1. The Labute approximate surface area is 103 Å². The monoisotopic (exact) mass is 249 g/mol.